The number of nitrogens with zero attached hydrogens (tertiary/aromatic N) is 2. The number of hydrogen-bond acceptors (Lipinski definition) is 5. The molecule has 4 N–H and O–H groups in total. The molecule has 0 atom stereocenters. The molecule has 3 heterocycles. The second-order valence-corrected chi connectivity index (χ2v) is 7.48. The molecule has 0 radical (unpaired) electrons. The van der Waals surface area contributed by atoms with Gasteiger partial charge in [-0.3, -0.25) is 4.90 Å². The molecule has 0 spiro atoms. The molecule has 2 aromatic heterocycles. The van der Waals surface area contributed by atoms with Crippen molar-refractivity contribution in [3.63, 3.8) is 0 Å². The summed E-state index contributed by atoms with van der Waals surface area (Å²) in [5, 5.41) is 19.6. The Morgan fingerprint density at radius 1 is 1.00 bits per heavy atom. The van der Waals surface area contributed by atoms with Crippen molar-refractivity contribution in [3.8, 4) is 17.1 Å². The van der Waals surface area contributed by atoms with Crippen molar-refractivity contribution >= 4 is 27.5 Å². The number of piperazine rings is 1. The highest BCUT2D eigenvalue weighted by atomic mass is 16.3. The second kappa shape index (κ2) is 7.73. The number of rotatable bonds is 5. The maximum absolute atomic E-state index is 10.6. The summed E-state index contributed by atoms with van der Waals surface area (Å²) in [5.74, 6) is 0.153. The van der Waals surface area contributed by atoms with Crippen molar-refractivity contribution in [1.29, 1.82) is 0 Å². The van der Waals surface area contributed by atoms with Crippen LogP contribution in [0.5, 0.6) is 5.88 Å². The van der Waals surface area contributed by atoms with Crippen LogP contribution in [0.2, 0.25) is 0 Å². The predicted molar refractivity (Wildman–Crippen MR) is 118 cm³/mol. The fraction of sp³-hybridized carbons (Fsp3) is 0.261. The summed E-state index contributed by atoms with van der Waals surface area (Å²) in [6, 6.07) is 18.1. The molecule has 0 bridgehead atoms. The van der Waals surface area contributed by atoms with E-state index in [2.05, 4.69) is 32.7 Å². The third-order valence-corrected chi connectivity index (χ3v) is 5.61. The van der Waals surface area contributed by atoms with Gasteiger partial charge in [-0.15, -0.1) is 0 Å². The van der Waals surface area contributed by atoms with Crippen LogP contribution in [0.3, 0.4) is 0 Å². The minimum absolute atomic E-state index is 0.153. The van der Waals surface area contributed by atoms with E-state index < -0.39 is 0 Å². The molecule has 0 aliphatic carbocycles. The van der Waals surface area contributed by atoms with Crippen LogP contribution in [-0.4, -0.2) is 59.2 Å². The molecule has 0 amide bonds. The van der Waals surface area contributed by atoms with E-state index in [1.54, 1.807) is 0 Å². The van der Waals surface area contributed by atoms with E-state index in [0.29, 0.717) is 0 Å². The van der Waals surface area contributed by atoms with E-state index in [1.807, 2.05) is 42.5 Å². The van der Waals surface area contributed by atoms with Gasteiger partial charge in [-0.05, 0) is 18.2 Å². The molecule has 1 saturated heterocycles. The quantitative estimate of drug-likeness (QED) is 0.422. The predicted octanol–water partition coefficient (Wildman–Crippen LogP) is 3.41. The van der Waals surface area contributed by atoms with Crippen LogP contribution in [-0.2, 0) is 0 Å². The lowest BCUT2D eigenvalue weighted by Gasteiger charge is -2.27. The Balaban J connectivity index is 1.51. The molecule has 5 rings (SSSR count). The number of benzene rings is 2. The van der Waals surface area contributed by atoms with Gasteiger partial charge < -0.3 is 20.7 Å². The average molecular weight is 387 g/mol. The van der Waals surface area contributed by atoms with Crippen molar-refractivity contribution in [2.45, 2.75) is 0 Å². The van der Waals surface area contributed by atoms with E-state index in [0.717, 1.165) is 78.0 Å². The number of aromatic nitrogens is 2. The number of aromatic hydroxyl groups is 1. The van der Waals surface area contributed by atoms with Gasteiger partial charge in [-0.2, -0.15) is 0 Å². The minimum atomic E-state index is 0.153. The van der Waals surface area contributed by atoms with Crippen LogP contribution in [0.4, 0.5) is 5.69 Å². The first-order chi connectivity index (χ1) is 14.3. The second-order valence-electron chi connectivity index (χ2n) is 7.48. The Bertz CT molecular complexity index is 1150. The number of hydrogen-bond donors (Lipinski definition) is 4. The van der Waals surface area contributed by atoms with Gasteiger partial charge in [0.25, 0.3) is 0 Å². The van der Waals surface area contributed by atoms with E-state index in [-0.39, 0.29) is 5.88 Å². The summed E-state index contributed by atoms with van der Waals surface area (Å²) in [6.07, 6.45) is 0. The Kier molecular flexibility index (Phi) is 4.79. The molecule has 148 valence electrons. The summed E-state index contributed by atoms with van der Waals surface area (Å²) in [6.45, 7) is 6.17. The number of H-pyrrole nitrogens is 1. The number of anilines is 1. The van der Waals surface area contributed by atoms with Gasteiger partial charge in [0.05, 0.1) is 16.8 Å². The maximum atomic E-state index is 10.6. The Morgan fingerprint density at radius 3 is 2.62 bits per heavy atom. The monoisotopic (exact) mass is 387 g/mol. The SMILES string of the molecule is Oc1[nH]c2ccccc2c1-c1cc(NCCN2CCNCC2)c2ccccc2n1. The molecule has 0 unspecified atom stereocenters. The first-order valence-electron chi connectivity index (χ1n) is 10.2. The van der Waals surface area contributed by atoms with Crippen LogP contribution in [0, 0.1) is 0 Å². The standard InChI is InChI=1S/C23H25N5O/c29-23-22(17-6-2-4-8-19(17)27-23)21-15-20(16-5-1-3-7-18(16)26-21)25-11-14-28-12-9-24-10-13-28/h1-8,15,24,27,29H,9-14H2,(H,25,26). The summed E-state index contributed by atoms with van der Waals surface area (Å²) >= 11 is 0. The lowest BCUT2D eigenvalue weighted by molar-refractivity contribution is 0.249. The van der Waals surface area contributed by atoms with Gasteiger partial charge >= 0.3 is 0 Å². The van der Waals surface area contributed by atoms with Crippen molar-refractivity contribution in [1.82, 2.24) is 20.2 Å². The molecule has 1 aliphatic heterocycles. The van der Waals surface area contributed by atoms with E-state index in [1.165, 1.54) is 0 Å². The van der Waals surface area contributed by atoms with Crippen LogP contribution in [0.25, 0.3) is 33.1 Å². The van der Waals surface area contributed by atoms with Gasteiger partial charge in [0.2, 0.25) is 0 Å². The van der Waals surface area contributed by atoms with Crippen LogP contribution < -0.4 is 10.6 Å². The van der Waals surface area contributed by atoms with Crippen molar-refractivity contribution < 1.29 is 5.11 Å². The van der Waals surface area contributed by atoms with Gasteiger partial charge in [0, 0.05) is 61.2 Å². The first-order valence-corrected chi connectivity index (χ1v) is 10.2. The first kappa shape index (κ1) is 18.0. The van der Waals surface area contributed by atoms with Crippen molar-refractivity contribution in [3.05, 3.63) is 54.6 Å². The Labute approximate surface area is 169 Å². The molecule has 4 aromatic rings. The maximum Gasteiger partial charge on any atom is 0.199 e. The van der Waals surface area contributed by atoms with Gasteiger partial charge in [-0.25, -0.2) is 4.98 Å². The fourth-order valence-electron chi connectivity index (χ4n) is 4.12. The van der Waals surface area contributed by atoms with Gasteiger partial charge in [0.1, 0.15) is 0 Å². The molecular formula is C23H25N5O. The van der Waals surface area contributed by atoms with E-state index in [4.69, 9.17) is 4.98 Å². The highest BCUT2D eigenvalue weighted by Gasteiger charge is 2.16. The summed E-state index contributed by atoms with van der Waals surface area (Å²) in [4.78, 5) is 10.4. The zero-order valence-corrected chi connectivity index (χ0v) is 16.3. The lowest BCUT2D eigenvalue weighted by atomic mass is 10.1. The largest absolute Gasteiger partial charge is 0.494 e. The topological polar surface area (TPSA) is 76.2 Å². The van der Waals surface area contributed by atoms with E-state index in [9.17, 15) is 5.11 Å². The van der Waals surface area contributed by atoms with Crippen LogP contribution in [0.15, 0.2) is 54.6 Å². The van der Waals surface area contributed by atoms with Crippen molar-refractivity contribution in [2.75, 3.05) is 44.6 Å². The van der Waals surface area contributed by atoms with E-state index >= 15 is 0 Å². The minimum Gasteiger partial charge on any atom is -0.494 e. The molecule has 1 fully saturated rings. The van der Waals surface area contributed by atoms with Gasteiger partial charge in [-0.1, -0.05) is 36.4 Å². The van der Waals surface area contributed by atoms with Gasteiger partial charge in [0.15, 0.2) is 5.88 Å². The zero-order chi connectivity index (χ0) is 19.6. The Morgan fingerprint density at radius 2 is 1.76 bits per heavy atom. The number of aromatic amines is 1. The number of para-hydroxylation sites is 2. The van der Waals surface area contributed by atoms with Crippen LogP contribution >= 0.6 is 0 Å². The summed E-state index contributed by atoms with van der Waals surface area (Å²) in [5.41, 5.74) is 4.38. The average Bonchev–Trinajstić information content (AvgIpc) is 3.10. The highest BCUT2D eigenvalue weighted by molar-refractivity contribution is 6.01. The third kappa shape index (κ3) is 3.52. The zero-order valence-electron chi connectivity index (χ0n) is 16.3. The number of fused-ring (bicyclic) bond motifs is 2. The molecule has 6 nitrogen and oxygen atoms in total. The number of nitrogens with one attached hydrogen (secondary N) is 3. The third-order valence-electron chi connectivity index (χ3n) is 5.61. The summed E-state index contributed by atoms with van der Waals surface area (Å²) in [7, 11) is 0. The van der Waals surface area contributed by atoms with Crippen LogP contribution in [0.1, 0.15) is 0 Å². The fourth-order valence-corrected chi connectivity index (χ4v) is 4.12. The molecule has 6 heteroatoms. The smallest absolute Gasteiger partial charge is 0.199 e. The van der Waals surface area contributed by atoms with Crippen molar-refractivity contribution in [2.24, 2.45) is 0 Å². The highest BCUT2D eigenvalue weighted by Crippen LogP contribution is 2.38. The molecule has 0 saturated carbocycles. The molecule has 2 aromatic carbocycles. The normalized spacial score (nSPS) is 15.2. The number of pyridine rings is 1. The molecular weight excluding hydrogens is 362 g/mol. The molecule has 29 heavy (non-hydrogen) atoms. The Hall–Kier alpha value is -3.09. The molecule has 1 aliphatic rings. The lowest BCUT2D eigenvalue weighted by Crippen LogP contribution is -2.45. The summed E-state index contributed by atoms with van der Waals surface area (Å²) < 4.78 is 0.